The average molecular weight is 381 g/mol. The standard InChI is InChI=1S/C18H9Cl3FNO/c19-12-2-4-14(15(20)9-12)17(24)6-1-10-7-11-8-13(22)3-5-16(11)23-18(10)21/h1-9H/b6-1+. The number of pyridine rings is 1. The monoisotopic (exact) mass is 379 g/mol. The Morgan fingerprint density at radius 1 is 1.04 bits per heavy atom. The Labute approximate surface area is 152 Å². The lowest BCUT2D eigenvalue weighted by atomic mass is 10.1. The van der Waals surface area contributed by atoms with Crippen molar-refractivity contribution in [2.45, 2.75) is 0 Å². The van der Waals surface area contributed by atoms with Gasteiger partial charge in [0.2, 0.25) is 0 Å². The molecule has 0 saturated heterocycles. The molecule has 3 aromatic rings. The molecule has 120 valence electrons. The van der Waals surface area contributed by atoms with Crippen molar-refractivity contribution < 1.29 is 9.18 Å². The van der Waals surface area contributed by atoms with Gasteiger partial charge in [0.1, 0.15) is 11.0 Å². The molecule has 0 spiro atoms. The van der Waals surface area contributed by atoms with E-state index in [1.54, 1.807) is 24.3 Å². The molecule has 3 rings (SSSR count). The first-order valence-electron chi connectivity index (χ1n) is 6.87. The Bertz CT molecular complexity index is 985. The number of fused-ring (bicyclic) bond motifs is 1. The molecule has 0 aliphatic heterocycles. The molecule has 2 aromatic carbocycles. The fourth-order valence-corrected chi connectivity index (χ4v) is 2.91. The minimum atomic E-state index is -0.370. The van der Waals surface area contributed by atoms with Crippen molar-refractivity contribution >= 4 is 57.6 Å². The van der Waals surface area contributed by atoms with Gasteiger partial charge in [0.05, 0.1) is 10.5 Å². The van der Waals surface area contributed by atoms with Crippen LogP contribution < -0.4 is 0 Å². The van der Waals surface area contributed by atoms with Crippen LogP contribution in [0.2, 0.25) is 15.2 Å². The first-order chi connectivity index (χ1) is 11.4. The summed E-state index contributed by atoms with van der Waals surface area (Å²) >= 11 is 17.9. The predicted octanol–water partition coefficient (Wildman–Crippen LogP) is 6.23. The summed E-state index contributed by atoms with van der Waals surface area (Å²) in [6.07, 6.45) is 2.86. The molecular formula is C18H9Cl3FNO. The molecule has 0 atom stereocenters. The fourth-order valence-electron chi connectivity index (χ4n) is 2.20. The van der Waals surface area contributed by atoms with E-state index in [2.05, 4.69) is 4.98 Å². The van der Waals surface area contributed by atoms with Gasteiger partial charge >= 0.3 is 0 Å². The normalized spacial score (nSPS) is 11.3. The number of hydrogen-bond acceptors (Lipinski definition) is 2. The molecule has 0 bridgehead atoms. The minimum Gasteiger partial charge on any atom is -0.289 e. The second-order valence-corrected chi connectivity index (χ2v) is 6.23. The van der Waals surface area contributed by atoms with Gasteiger partial charge in [0.15, 0.2) is 5.78 Å². The summed E-state index contributed by atoms with van der Waals surface area (Å²) in [5.41, 5.74) is 1.41. The van der Waals surface area contributed by atoms with Crippen molar-refractivity contribution in [2.24, 2.45) is 0 Å². The zero-order valence-corrected chi connectivity index (χ0v) is 14.3. The van der Waals surface area contributed by atoms with Crippen molar-refractivity contribution in [3.8, 4) is 0 Å². The highest BCUT2D eigenvalue weighted by molar-refractivity contribution is 6.37. The highest BCUT2D eigenvalue weighted by Gasteiger charge is 2.09. The summed E-state index contributed by atoms with van der Waals surface area (Å²) < 4.78 is 13.3. The van der Waals surface area contributed by atoms with Gasteiger partial charge in [0, 0.05) is 21.5 Å². The molecule has 0 radical (unpaired) electrons. The molecule has 6 heteroatoms. The third-order valence-electron chi connectivity index (χ3n) is 3.37. The smallest absolute Gasteiger partial charge is 0.187 e. The molecule has 1 aromatic heterocycles. The third-order valence-corrected chi connectivity index (χ3v) is 4.22. The van der Waals surface area contributed by atoms with E-state index in [1.807, 2.05) is 0 Å². The van der Waals surface area contributed by atoms with E-state index in [4.69, 9.17) is 34.8 Å². The van der Waals surface area contributed by atoms with E-state index < -0.39 is 0 Å². The number of hydrogen-bond donors (Lipinski definition) is 0. The zero-order chi connectivity index (χ0) is 17.3. The van der Waals surface area contributed by atoms with E-state index >= 15 is 0 Å². The number of benzene rings is 2. The lowest BCUT2D eigenvalue weighted by Crippen LogP contribution is -1.95. The van der Waals surface area contributed by atoms with Gasteiger partial charge in [-0.1, -0.05) is 34.8 Å². The Hall–Kier alpha value is -1.94. The second-order valence-electron chi connectivity index (χ2n) is 5.03. The summed E-state index contributed by atoms with van der Waals surface area (Å²) in [6, 6.07) is 10.5. The SMILES string of the molecule is O=C(/C=C/c1cc2cc(F)ccc2nc1Cl)c1ccc(Cl)cc1Cl. The number of aromatic nitrogens is 1. The van der Waals surface area contributed by atoms with Crippen molar-refractivity contribution in [3.05, 3.63) is 80.7 Å². The summed E-state index contributed by atoms with van der Waals surface area (Å²) in [5, 5.41) is 1.53. The maximum Gasteiger partial charge on any atom is 0.187 e. The van der Waals surface area contributed by atoms with Crippen LogP contribution in [0.3, 0.4) is 0 Å². The quantitative estimate of drug-likeness (QED) is 0.306. The molecule has 0 fully saturated rings. The summed E-state index contributed by atoms with van der Waals surface area (Å²) in [7, 11) is 0. The van der Waals surface area contributed by atoms with Gasteiger partial charge in [-0.2, -0.15) is 0 Å². The topological polar surface area (TPSA) is 30.0 Å². The molecule has 0 aliphatic carbocycles. The first kappa shape index (κ1) is 16.9. The van der Waals surface area contributed by atoms with E-state index in [1.165, 1.54) is 30.4 Å². The summed E-state index contributed by atoms with van der Waals surface area (Å²) in [5.74, 6) is -0.669. The molecule has 2 nitrogen and oxygen atoms in total. The van der Waals surface area contributed by atoms with E-state index in [-0.39, 0.29) is 21.8 Å². The van der Waals surface area contributed by atoms with Crippen LogP contribution in [0.5, 0.6) is 0 Å². The minimum absolute atomic E-state index is 0.223. The van der Waals surface area contributed by atoms with Gasteiger partial charge in [-0.15, -0.1) is 0 Å². The van der Waals surface area contributed by atoms with Gasteiger partial charge < -0.3 is 0 Å². The van der Waals surface area contributed by atoms with Crippen molar-refractivity contribution in [2.75, 3.05) is 0 Å². The van der Waals surface area contributed by atoms with Gasteiger partial charge in [-0.3, -0.25) is 4.79 Å². The maximum atomic E-state index is 13.3. The predicted molar refractivity (Wildman–Crippen MR) is 96.5 cm³/mol. The fraction of sp³-hybridized carbons (Fsp3) is 0. The van der Waals surface area contributed by atoms with Gasteiger partial charge in [-0.05, 0) is 54.6 Å². The molecule has 24 heavy (non-hydrogen) atoms. The zero-order valence-electron chi connectivity index (χ0n) is 12.1. The number of rotatable bonds is 3. The molecule has 0 unspecified atom stereocenters. The van der Waals surface area contributed by atoms with Crippen LogP contribution in [0.25, 0.3) is 17.0 Å². The van der Waals surface area contributed by atoms with Gasteiger partial charge in [-0.25, -0.2) is 9.37 Å². The number of allylic oxidation sites excluding steroid dienone is 1. The molecule has 1 heterocycles. The number of ketones is 1. The van der Waals surface area contributed by atoms with Crippen molar-refractivity contribution in [1.29, 1.82) is 0 Å². The first-order valence-corrected chi connectivity index (χ1v) is 8.01. The highest BCUT2D eigenvalue weighted by Crippen LogP contribution is 2.24. The van der Waals surface area contributed by atoms with E-state index in [0.717, 1.165) is 0 Å². The van der Waals surface area contributed by atoms with Gasteiger partial charge in [0.25, 0.3) is 0 Å². The maximum absolute atomic E-state index is 13.3. The second kappa shape index (κ2) is 6.89. The van der Waals surface area contributed by atoms with Crippen LogP contribution in [-0.2, 0) is 0 Å². The van der Waals surface area contributed by atoms with E-state index in [0.29, 0.717) is 27.1 Å². The third kappa shape index (κ3) is 3.59. The van der Waals surface area contributed by atoms with Crippen LogP contribution in [0, 0.1) is 5.82 Å². The van der Waals surface area contributed by atoms with Crippen molar-refractivity contribution in [1.82, 2.24) is 4.98 Å². The van der Waals surface area contributed by atoms with Crippen LogP contribution in [0.4, 0.5) is 4.39 Å². The Balaban J connectivity index is 1.94. The molecule has 0 aliphatic rings. The highest BCUT2D eigenvalue weighted by atomic mass is 35.5. The Kier molecular flexibility index (Phi) is 4.86. The van der Waals surface area contributed by atoms with Crippen LogP contribution in [0.15, 0.2) is 48.5 Å². The van der Waals surface area contributed by atoms with Crippen LogP contribution >= 0.6 is 34.8 Å². The van der Waals surface area contributed by atoms with E-state index in [9.17, 15) is 9.18 Å². The average Bonchev–Trinajstić information content (AvgIpc) is 2.53. The number of carbonyl (C=O) groups excluding carboxylic acids is 1. The van der Waals surface area contributed by atoms with Crippen molar-refractivity contribution in [3.63, 3.8) is 0 Å². The Morgan fingerprint density at radius 3 is 2.58 bits per heavy atom. The number of halogens is 4. The number of nitrogens with zero attached hydrogens (tertiary/aromatic N) is 1. The molecular weight excluding hydrogens is 372 g/mol. The Morgan fingerprint density at radius 2 is 1.83 bits per heavy atom. The largest absolute Gasteiger partial charge is 0.289 e. The lowest BCUT2D eigenvalue weighted by molar-refractivity contribution is 0.104. The summed E-state index contributed by atoms with van der Waals surface area (Å²) in [4.78, 5) is 16.4. The van der Waals surface area contributed by atoms with Crippen LogP contribution in [-0.4, -0.2) is 10.8 Å². The molecule has 0 amide bonds. The van der Waals surface area contributed by atoms with Crippen LogP contribution in [0.1, 0.15) is 15.9 Å². The lowest BCUT2D eigenvalue weighted by Gasteiger charge is -2.03. The summed E-state index contributed by atoms with van der Waals surface area (Å²) in [6.45, 7) is 0. The molecule has 0 N–H and O–H groups in total. The number of carbonyl (C=O) groups is 1. The molecule has 0 saturated carbocycles.